The van der Waals surface area contributed by atoms with Crippen molar-refractivity contribution >= 4 is 17.4 Å². The second kappa shape index (κ2) is 6.35. The van der Waals surface area contributed by atoms with Crippen LogP contribution in [0.25, 0.3) is 0 Å². The van der Waals surface area contributed by atoms with E-state index in [-0.39, 0.29) is 12.8 Å². The number of carbonyl (C=O) groups excluding carboxylic acids is 1. The van der Waals surface area contributed by atoms with Crippen molar-refractivity contribution in [1.29, 1.82) is 0 Å². The number of nitrogens with one attached hydrogen (secondary N) is 2. The molecule has 7 heteroatoms. The molecule has 1 heterocycles. The molecule has 2 amide bonds. The fourth-order valence-corrected chi connectivity index (χ4v) is 2.15. The van der Waals surface area contributed by atoms with E-state index in [1.165, 1.54) is 0 Å². The Morgan fingerprint density at radius 3 is 2.26 bits per heavy atom. The predicted octanol–water partition coefficient (Wildman–Crippen LogP) is 3.08. The van der Waals surface area contributed by atoms with E-state index in [1.807, 2.05) is 0 Å². The van der Waals surface area contributed by atoms with E-state index in [0.29, 0.717) is 34.4 Å². The number of benzene rings is 2. The maximum atomic E-state index is 12.1. The van der Waals surface area contributed by atoms with Gasteiger partial charge in [-0.1, -0.05) is 0 Å². The number of rotatable bonds is 4. The van der Waals surface area contributed by atoms with Crippen molar-refractivity contribution in [3.8, 4) is 23.0 Å². The van der Waals surface area contributed by atoms with Crippen LogP contribution in [0, 0.1) is 0 Å². The molecule has 0 unspecified atom stereocenters. The summed E-state index contributed by atoms with van der Waals surface area (Å²) in [6.45, 7) is 0.189. The zero-order chi connectivity index (χ0) is 16.2. The number of amides is 2. The van der Waals surface area contributed by atoms with Gasteiger partial charge in [0.1, 0.15) is 11.5 Å². The van der Waals surface area contributed by atoms with E-state index in [4.69, 9.17) is 18.9 Å². The Kier molecular flexibility index (Phi) is 4.09. The van der Waals surface area contributed by atoms with Crippen LogP contribution in [-0.2, 0) is 0 Å². The topological polar surface area (TPSA) is 78.1 Å². The van der Waals surface area contributed by atoms with Gasteiger partial charge in [-0.15, -0.1) is 0 Å². The fourth-order valence-electron chi connectivity index (χ4n) is 2.15. The van der Waals surface area contributed by atoms with Crippen molar-refractivity contribution in [2.45, 2.75) is 0 Å². The van der Waals surface area contributed by atoms with Crippen LogP contribution in [0.1, 0.15) is 0 Å². The lowest BCUT2D eigenvalue weighted by Crippen LogP contribution is -2.19. The summed E-state index contributed by atoms with van der Waals surface area (Å²) in [5.41, 5.74) is 1.15. The number of fused-ring (bicyclic) bond motifs is 1. The number of methoxy groups -OCH3 is 2. The third kappa shape index (κ3) is 3.39. The van der Waals surface area contributed by atoms with E-state index in [9.17, 15) is 4.79 Å². The van der Waals surface area contributed by atoms with Gasteiger partial charge in [0.2, 0.25) is 6.79 Å². The predicted molar refractivity (Wildman–Crippen MR) is 84.8 cm³/mol. The van der Waals surface area contributed by atoms with Crippen LogP contribution in [-0.4, -0.2) is 27.0 Å². The molecular weight excluding hydrogens is 300 g/mol. The number of hydrogen-bond donors (Lipinski definition) is 2. The third-order valence-electron chi connectivity index (χ3n) is 3.24. The average Bonchev–Trinajstić information content (AvgIpc) is 3.01. The molecule has 0 bridgehead atoms. The zero-order valence-corrected chi connectivity index (χ0v) is 12.7. The fraction of sp³-hybridized carbons (Fsp3) is 0.188. The summed E-state index contributed by atoms with van der Waals surface area (Å²) in [5.74, 6) is 2.43. The number of ether oxygens (including phenoxy) is 4. The second-order valence-electron chi connectivity index (χ2n) is 4.75. The Labute approximate surface area is 133 Å². The molecule has 2 aromatic carbocycles. The van der Waals surface area contributed by atoms with Crippen LogP contribution in [0.15, 0.2) is 36.4 Å². The first kappa shape index (κ1) is 14.8. The minimum atomic E-state index is -0.390. The lowest BCUT2D eigenvalue weighted by atomic mass is 10.2. The van der Waals surface area contributed by atoms with E-state index in [2.05, 4.69) is 10.6 Å². The summed E-state index contributed by atoms with van der Waals surface area (Å²) in [6.07, 6.45) is 0. The molecule has 120 valence electrons. The standard InChI is InChI=1S/C16H16N2O5/c1-20-12-5-11(6-13(8-12)21-2)18-16(19)17-10-3-4-14-15(7-10)23-9-22-14/h3-8H,9H2,1-2H3,(H2,17,18,19). The average molecular weight is 316 g/mol. The quantitative estimate of drug-likeness (QED) is 0.906. The molecule has 2 aromatic rings. The summed E-state index contributed by atoms with van der Waals surface area (Å²) in [6, 6.07) is 9.91. The first-order valence-corrected chi connectivity index (χ1v) is 6.88. The van der Waals surface area contributed by atoms with Crippen LogP contribution in [0.2, 0.25) is 0 Å². The van der Waals surface area contributed by atoms with E-state index < -0.39 is 0 Å². The highest BCUT2D eigenvalue weighted by Gasteiger charge is 2.14. The molecular formula is C16H16N2O5. The summed E-state index contributed by atoms with van der Waals surface area (Å²) in [4.78, 5) is 12.1. The third-order valence-corrected chi connectivity index (χ3v) is 3.24. The number of hydrogen-bond acceptors (Lipinski definition) is 5. The first-order chi connectivity index (χ1) is 11.2. The van der Waals surface area contributed by atoms with E-state index >= 15 is 0 Å². The van der Waals surface area contributed by atoms with Crippen molar-refractivity contribution in [2.75, 3.05) is 31.6 Å². The molecule has 0 saturated carbocycles. The molecule has 0 radical (unpaired) electrons. The minimum Gasteiger partial charge on any atom is -0.497 e. The van der Waals surface area contributed by atoms with Crippen LogP contribution in [0.4, 0.5) is 16.2 Å². The van der Waals surface area contributed by atoms with E-state index in [1.54, 1.807) is 50.6 Å². The Morgan fingerprint density at radius 1 is 0.913 bits per heavy atom. The summed E-state index contributed by atoms with van der Waals surface area (Å²) >= 11 is 0. The van der Waals surface area contributed by atoms with Gasteiger partial charge in [-0.25, -0.2) is 4.79 Å². The molecule has 0 aromatic heterocycles. The van der Waals surface area contributed by atoms with Crippen molar-refractivity contribution < 1.29 is 23.7 Å². The Balaban J connectivity index is 1.69. The van der Waals surface area contributed by atoms with Gasteiger partial charge in [0.05, 0.1) is 14.2 Å². The highest BCUT2D eigenvalue weighted by molar-refractivity contribution is 6.00. The molecule has 1 aliphatic heterocycles. The molecule has 0 fully saturated rings. The Hall–Kier alpha value is -3.09. The van der Waals surface area contributed by atoms with Crippen LogP contribution in [0.5, 0.6) is 23.0 Å². The van der Waals surface area contributed by atoms with E-state index in [0.717, 1.165) is 0 Å². The van der Waals surface area contributed by atoms with Crippen molar-refractivity contribution in [1.82, 2.24) is 0 Å². The van der Waals surface area contributed by atoms with Crippen LogP contribution in [0.3, 0.4) is 0 Å². The normalized spacial score (nSPS) is 11.7. The summed E-state index contributed by atoms with van der Waals surface area (Å²) < 4.78 is 20.8. The molecule has 3 rings (SSSR count). The van der Waals surface area contributed by atoms with Gasteiger partial charge in [0, 0.05) is 35.6 Å². The Morgan fingerprint density at radius 2 is 1.57 bits per heavy atom. The second-order valence-corrected chi connectivity index (χ2v) is 4.75. The Bertz CT molecular complexity index is 710. The maximum Gasteiger partial charge on any atom is 0.323 e. The van der Waals surface area contributed by atoms with Gasteiger partial charge in [-0.2, -0.15) is 0 Å². The number of anilines is 2. The van der Waals surface area contributed by atoms with Gasteiger partial charge < -0.3 is 29.6 Å². The molecule has 1 aliphatic rings. The van der Waals surface area contributed by atoms with Gasteiger partial charge in [-0.3, -0.25) is 0 Å². The van der Waals surface area contributed by atoms with Gasteiger partial charge in [-0.05, 0) is 12.1 Å². The van der Waals surface area contributed by atoms with Crippen molar-refractivity contribution in [3.05, 3.63) is 36.4 Å². The van der Waals surface area contributed by atoms with Gasteiger partial charge in [0.25, 0.3) is 0 Å². The minimum absolute atomic E-state index is 0.189. The monoisotopic (exact) mass is 316 g/mol. The van der Waals surface area contributed by atoms with Crippen molar-refractivity contribution in [2.24, 2.45) is 0 Å². The number of carbonyl (C=O) groups is 1. The first-order valence-electron chi connectivity index (χ1n) is 6.88. The lowest BCUT2D eigenvalue weighted by Gasteiger charge is -2.11. The maximum absolute atomic E-state index is 12.1. The largest absolute Gasteiger partial charge is 0.497 e. The molecule has 0 atom stereocenters. The van der Waals surface area contributed by atoms with Gasteiger partial charge >= 0.3 is 6.03 Å². The van der Waals surface area contributed by atoms with Crippen molar-refractivity contribution in [3.63, 3.8) is 0 Å². The zero-order valence-electron chi connectivity index (χ0n) is 12.7. The van der Waals surface area contributed by atoms with Gasteiger partial charge in [0.15, 0.2) is 11.5 Å². The molecule has 0 aliphatic carbocycles. The van der Waals surface area contributed by atoms with Crippen LogP contribution < -0.4 is 29.6 Å². The highest BCUT2D eigenvalue weighted by atomic mass is 16.7. The highest BCUT2D eigenvalue weighted by Crippen LogP contribution is 2.34. The molecule has 0 spiro atoms. The number of urea groups is 1. The molecule has 7 nitrogen and oxygen atoms in total. The van der Waals surface area contributed by atoms with Crippen LogP contribution >= 0.6 is 0 Å². The SMILES string of the molecule is COc1cc(NC(=O)Nc2ccc3c(c2)OCO3)cc(OC)c1. The molecule has 2 N–H and O–H groups in total. The summed E-state index contributed by atoms with van der Waals surface area (Å²) in [7, 11) is 3.09. The lowest BCUT2D eigenvalue weighted by molar-refractivity contribution is 0.174. The molecule has 0 saturated heterocycles. The summed E-state index contributed by atoms with van der Waals surface area (Å²) in [5, 5.41) is 5.45. The molecule has 23 heavy (non-hydrogen) atoms. The smallest absolute Gasteiger partial charge is 0.323 e.